The maximum absolute atomic E-state index is 10.3. The predicted molar refractivity (Wildman–Crippen MR) is 65.9 cm³/mol. The van der Waals surface area contributed by atoms with E-state index in [0.29, 0.717) is 6.41 Å². The summed E-state index contributed by atoms with van der Waals surface area (Å²) in [6.45, 7) is 6.23. The van der Waals surface area contributed by atoms with Crippen molar-refractivity contribution >= 4 is 17.8 Å². The van der Waals surface area contributed by atoms with Crippen LogP contribution in [0.15, 0.2) is 18.2 Å². The molecule has 1 saturated heterocycles. The van der Waals surface area contributed by atoms with Gasteiger partial charge in [0.2, 0.25) is 6.41 Å². The van der Waals surface area contributed by atoms with Crippen molar-refractivity contribution in [1.29, 1.82) is 0 Å². The Bertz CT molecular complexity index is 373. The average molecular weight is 219 g/mol. The lowest BCUT2D eigenvalue weighted by Gasteiger charge is -2.30. The number of aryl methyl sites for hydroxylation is 1. The van der Waals surface area contributed by atoms with Gasteiger partial charge in [-0.25, -0.2) is 0 Å². The fourth-order valence-electron chi connectivity index (χ4n) is 2.07. The molecule has 1 aliphatic heterocycles. The summed E-state index contributed by atoms with van der Waals surface area (Å²) in [6.07, 6.45) is 0.708. The molecule has 0 aliphatic carbocycles. The second kappa shape index (κ2) is 4.99. The number of rotatable bonds is 3. The monoisotopic (exact) mass is 219 g/mol. The van der Waals surface area contributed by atoms with E-state index in [1.165, 1.54) is 11.3 Å². The van der Waals surface area contributed by atoms with E-state index in [2.05, 4.69) is 28.5 Å². The van der Waals surface area contributed by atoms with Gasteiger partial charge < -0.3 is 15.5 Å². The first-order valence-electron chi connectivity index (χ1n) is 5.58. The zero-order valence-electron chi connectivity index (χ0n) is 9.49. The molecule has 0 unspecified atom stereocenters. The Labute approximate surface area is 95.6 Å². The SMILES string of the molecule is Cc1cc(NC=O)ccc1N1CCNCC1. The third-order valence-electron chi connectivity index (χ3n) is 2.88. The molecular weight excluding hydrogens is 202 g/mol. The molecule has 1 fully saturated rings. The third kappa shape index (κ3) is 2.33. The van der Waals surface area contributed by atoms with Crippen LogP contribution in [0.25, 0.3) is 0 Å². The van der Waals surface area contributed by atoms with E-state index in [0.717, 1.165) is 31.9 Å². The van der Waals surface area contributed by atoms with Gasteiger partial charge in [0, 0.05) is 37.6 Å². The molecule has 1 aromatic carbocycles. The second-order valence-corrected chi connectivity index (χ2v) is 4.00. The quantitative estimate of drug-likeness (QED) is 0.745. The molecule has 2 N–H and O–H groups in total. The smallest absolute Gasteiger partial charge is 0.211 e. The summed E-state index contributed by atoms with van der Waals surface area (Å²) in [5, 5.41) is 6.00. The number of nitrogens with zero attached hydrogens (tertiary/aromatic N) is 1. The Morgan fingerprint density at radius 2 is 2.12 bits per heavy atom. The Balaban J connectivity index is 2.17. The molecule has 1 amide bonds. The second-order valence-electron chi connectivity index (χ2n) is 4.00. The highest BCUT2D eigenvalue weighted by Gasteiger charge is 2.12. The predicted octanol–water partition coefficient (Wildman–Crippen LogP) is 0.973. The normalized spacial score (nSPS) is 15.9. The minimum absolute atomic E-state index is 0.708. The summed E-state index contributed by atoms with van der Waals surface area (Å²) >= 11 is 0. The van der Waals surface area contributed by atoms with E-state index < -0.39 is 0 Å². The molecule has 0 saturated carbocycles. The van der Waals surface area contributed by atoms with Crippen molar-refractivity contribution in [2.24, 2.45) is 0 Å². The number of nitrogens with one attached hydrogen (secondary N) is 2. The molecule has 2 rings (SSSR count). The molecule has 1 aliphatic rings. The fraction of sp³-hybridized carbons (Fsp3) is 0.417. The fourth-order valence-corrected chi connectivity index (χ4v) is 2.07. The van der Waals surface area contributed by atoms with Gasteiger partial charge in [-0.05, 0) is 30.7 Å². The van der Waals surface area contributed by atoms with Crippen LogP contribution in [0.4, 0.5) is 11.4 Å². The lowest BCUT2D eigenvalue weighted by Crippen LogP contribution is -2.43. The first-order valence-corrected chi connectivity index (χ1v) is 5.58. The Morgan fingerprint density at radius 3 is 2.75 bits per heavy atom. The molecule has 0 radical (unpaired) electrons. The van der Waals surface area contributed by atoms with Crippen LogP contribution in [-0.2, 0) is 4.79 Å². The molecule has 1 heterocycles. The summed E-state index contributed by atoms with van der Waals surface area (Å²) in [5.41, 5.74) is 3.32. The Kier molecular flexibility index (Phi) is 3.41. The Hall–Kier alpha value is -1.55. The molecule has 0 bridgehead atoms. The molecule has 0 spiro atoms. The van der Waals surface area contributed by atoms with E-state index in [9.17, 15) is 4.79 Å². The number of amides is 1. The number of hydrogen-bond donors (Lipinski definition) is 2. The van der Waals surface area contributed by atoms with Gasteiger partial charge in [-0.1, -0.05) is 0 Å². The van der Waals surface area contributed by atoms with Crippen molar-refractivity contribution in [1.82, 2.24) is 5.32 Å². The molecule has 16 heavy (non-hydrogen) atoms. The number of carbonyl (C=O) groups excluding carboxylic acids is 1. The van der Waals surface area contributed by atoms with Crippen LogP contribution < -0.4 is 15.5 Å². The van der Waals surface area contributed by atoms with Crippen LogP contribution in [-0.4, -0.2) is 32.6 Å². The third-order valence-corrected chi connectivity index (χ3v) is 2.88. The Morgan fingerprint density at radius 1 is 1.38 bits per heavy atom. The van der Waals surface area contributed by atoms with Crippen LogP contribution in [0.5, 0.6) is 0 Å². The van der Waals surface area contributed by atoms with E-state index in [4.69, 9.17) is 0 Å². The average Bonchev–Trinajstić information content (AvgIpc) is 2.31. The zero-order valence-corrected chi connectivity index (χ0v) is 9.49. The number of benzene rings is 1. The van der Waals surface area contributed by atoms with Gasteiger partial charge in [-0.2, -0.15) is 0 Å². The van der Waals surface area contributed by atoms with Crippen molar-refractivity contribution in [3.05, 3.63) is 23.8 Å². The molecular formula is C12H17N3O. The van der Waals surface area contributed by atoms with Crippen LogP contribution in [0, 0.1) is 6.92 Å². The van der Waals surface area contributed by atoms with Gasteiger partial charge in [0.25, 0.3) is 0 Å². The summed E-state index contributed by atoms with van der Waals surface area (Å²) in [7, 11) is 0. The largest absolute Gasteiger partial charge is 0.369 e. The standard InChI is InChI=1S/C12H17N3O/c1-10-8-11(14-9-16)2-3-12(10)15-6-4-13-5-7-15/h2-3,8-9,13H,4-7H2,1H3,(H,14,16). The van der Waals surface area contributed by atoms with Crippen molar-refractivity contribution in [3.63, 3.8) is 0 Å². The molecule has 4 nitrogen and oxygen atoms in total. The number of piperazine rings is 1. The topological polar surface area (TPSA) is 44.4 Å². The van der Waals surface area contributed by atoms with E-state index in [1.54, 1.807) is 0 Å². The lowest BCUT2D eigenvalue weighted by molar-refractivity contribution is -0.105. The highest BCUT2D eigenvalue weighted by molar-refractivity contribution is 5.73. The molecule has 86 valence electrons. The van der Waals surface area contributed by atoms with Gasteiger partial charge in [-0.15, -0.1) is 0 Å². The number of carbonyl (C=O) groups is 1. The van der Waals surface area contributed by atoms with Crippen LogP contribution >= 0.6 is 0 Å². The maximum atomic E-state index is 10.3. The first kappa shape index (κ1) is 11.0. The van der Waals surface area contributed by atoms with Crippen molar-refractivity contribution < 1.29 is 4.79 Å². The molecule has 0 aromatic heterocycles. The van der Waals surface area contributed by atoms with E-state index in [1.807, 2.05) is 12.1 Å². The number of hydrogen-bond acceptors (Lipinski definition) is 3. The van der Waals surface area contributed by atoms with E-state index >= 15 is 0 Å². The van der Waals surface area contributed by atoms with Crippen LogP contribution in [0.3, 0.4) is 0 Å². The van der Waals surface area contributed by atoms with Crippen LogP contribution in [0.1, 0.15) is 5.56 Å². The summed E-state index contributed by atoms with van der Waals surface area (Å²) in [5.74, 6) is 0. The first-order chi connectivity index (χ1) is 7.81. The molecule has 0 atom stereocenters. The van der Waals surface area contributed by atoms with Gasteiger partial charge >= 0.3 is 0 Å². The molecule has 1 aromatic rings. The summed E-state index contributed by atoms with van der Waals surface area (Å²) in [6, 6.07) is 6.02. The summed E-state index contributed by atoms with van der Waals surface area (Å²) < 4.78 is 0. The number of anilines is 2. The highest BCUT2D eigenvalue weighted by atomic mass is 16.1. The van der Waals surface area contributed by atoms with Gasteiger partial charge in [0.15, 0.2) is 0 Å². The highest BCUT2D eigenvalue weighted by Crippen LogP contribution is 2.23. The van der Waals surface area contributed by atoms with Gasteiger partial charge in [0.1, 0.15) is 0 Å². The zero-order chi connectivity index (χ0) is 11.4. The van der Waals surface area contributed by atoms with Gasteiger partial charge in [-0.3, -0.25) is 4.79 Å². The molecule has 4 heteroatoms. The van der Waals surface area contributed by atoms with E-state index in [-0.39, 0.29) is 0 Å². The van der Waals surface area contributed by atoms with Crippen molar-refractivity contribution in [3.8, 4) is 0 Å². The lowest BCUT2D eigenvalue weighted by atomic mass is 10.1. The van der Waals surface area contributed by atoms with Crippen molar-refractivity contribution in [2.45, 2.75) is 6.92 Å². The minimum Gasteiger partial charge on any atom is -0.369 e. The minimum atomic E-state index is 0.708. The van der Waals surface area contributed by atoms with Crippen molar-refractivity contribution in [2.75, 3.05) is 36.4 Å². The summed E-state index contributed by atoms with van der Waals surface area (Å²) in [4.78, 5) is 12.7. The van der Waals surface area contributed by atoms with Crippen LogP contribution in [0.2, 0.25) is 0 Å². The van der Waals surface area contributed by atoms with Gasteiger partial charge in [0.05, 0.1) is 0 Å². The maximum Gasteiger partial charge on any atom is 0.211 e.